The summed E-state index contributed by atoms with van der Waals surface area (Å²) < 4.78 is 3.09. The molecule has 29 heavy (non-hydrogen) atoms. The third-order valence-electron chi connectivity index (χ3n) is 4.87. The van der Waals surface area contributed by atoms with E-state index >= 15 is 0 Å². The first-order valence-electron chi connectivity index (χ1n) is 9.24. The van der Waals surface area contributed by atoms with E-state index in [1.54, 1.807) is 23.9 Å². The third-order valence-corrected chi connectivity index (χ3v) is 4.87. The van der Waals surface area contributed by atoms with Crippen molar-refractivity contribution in [3.05, 3.63) is 76.6 Å². The van der Waals surface area contributed by atoms with Crippen molar-refractivity contribution < 1.29 is 9.59 Å². The second-order valence-electron chi connectivity index (χ2n) is 6.84. The summed E-state index contributed by atoms with van der Waals surface area (Å²) >= 11 is 0. The fourth-order valence-corrected chi connectivity index (χ4v) is 3.36. The first-order chi connectivity index (χ1) is 14.0. The number of benzene rings is 1. The van der Waals surface area contributed by atoms with Crippen LogP contribution < -0.4 is 15.8 Å². The first-order valence-corrected chi connectivity index (χ1v) is 9.24. The van der Waals surface area contributed by atoms with E-state index in [2.05, 4.69) is 15.4 Å². The molecule has 1 N–H and O–H groups in total. The van der Waals surface area contributed by atoms with Crippen LogP contribution in [0.2, 0.25) is 0 Å². The second kappa shape index (κ2) is 7.70. The largest absolute Gasteiger partial charge is 0.337 e. The van der Waals surface area contributed by atoms with E-state index in [9.17, 15) is 14.4 Å². The van der Waals surface area contributed by atoms with Crippen molar-refractivity contribution in [3.63, 3.8) is 0 Å². The lowest BCUT2D eigenvalue weighted by Crippen LogP contribution is -2.47. The van der Waals surface area contributed by atoms with E-state index in [0.717, 1.165) is 5.56 Å². The van der Waals surface area contributed by atoms with Gasteiger partial charge in [0.1, 0.15) is 18.2 Å². The van der Waals surface area contributed by atoms with Crippen LogP contribution in [0.1, 0.15) is 22.6 Å². The van der Waals surface area contributed by atoms with E-state index in [1.807, 2.05) is 30.3 Å². The number of anilines is 1. The van der Waals surface area contributed by atoms with Gasteiger partial charge in [-0.15, -0.1) is 5.10 Å². The van der Waals surface area contributed by atoms with E-state index < -0.39 is 11.9 Å². The molecular weight excluding hydrogens is 372 g/mol. The van der Waals surface area contributed by atoms with Gasteiger partial charge in [0.25, 0.3) is 11.5 Å². The van der Waals surface area contributed by atoms with Crippen LogP contribution in [0, 0.1) is 0 Å². The van der Waals surface area contributed by atoms with Gasteiger partial charge in [0.05, 0.1) is 6.54 Å². The average molecular weight is 392 g/mol. The summed E-state index contributed by atoms with van der Waals surface area (Å²) in [5.74, 6) is -0.319. The number of hydrogen-bond donors (Lipinski definition) is 1. The molecule has 0 saturated heterocycles. The summed E-state index contributed by atoms with van der Waals surface area (Å²) in [7, 11) is 1.59. The Labute approximate surface area is 166 Å². The van der Waals surface area contributed by atoms with Gasteiger partial charge in [0, 0.05) is 19.7 Å². The maximum absolute atomic E-state index is 12.8. The van der Waals surface area contributed by atoms with Gasteiger partial charge in [-0.25, -0.2) is 9.67 Å². The molecule has 9 heteroatoms. The number of nitrogens with zero attached hydrogens (tertiary/aromatic N) is 5. The van der Waals surface area contributed by atoms with Crippen LogP contribution in [-0.2, 0) is 17.9 Å². The van der Waals surface area contributed by atoms with Gasteiger partial charge in [-0.2, -0.15) is 0 Å². The molecule has 1 atom stereocenters. The summed E-state index contributed by atoms with van der Waals surface area (Å²) in [5, 5.41) is 6.91. The lowest BCUT2D eigenvalue weighted by Gasteiger charge is -2.21. The highest BCUT2D eigenvalue weighted by Crippen LogP contribution is 2.17. The molecule has 2 aromatic heterocycles. The van der Waals surface area contributed by atoms with Crippen LogP contribution in [0.25, 0.3) is 0 Å². The Morgan fingerprint density at radius 2 is 1.93 bits per heavy atom. The van der Waals surface area contributed by atoms with Crippen LogP contribution in [0.3, 0.4) is 0 Å². The molecule has 2 amide bonds. The first kappa shape index (κ1) is 18.6. The van der Waals surface area contributed by atoms with Crippen molar-refractivity contribution in [1.82, 2.24) is 24.6 Å². The van der Waals surface area contributed by atoms with Crippen molar-refractivity contribution in [2.24, 2.45) is 0 Å². The fourth-order valence-electron chi connectivity index (χ4n) is 3.36. The van der Waals surface area contributed by atoms with E-state index in [4.69, 9.17) is 0 Å². The van der Waals surface area contributed by atoms with Crippen molar-refractivity contribution in [2.45, 2.75) is 25.6 Å². The summed E-state index contributed by atoms with van der Waals surface area (Å²) in [4.78, 5) is 42.9. The standard InChI is InChI=1S/C20H20N6O3/c1-24-16-8-5-9-17(27)26(16)11-10-15(20(24)29)22-19(28)18-21-13-25(23-18)12-14-6-3-2-4-7-14/h2-9,13,15H,10-12H2,1H3,(H,22,28)/t15-/m1/s1. The van der Waals surface area contributed by atoms with E-state index in [-0.39, 0.29) is 17.3 Å². The number of carbonyl (C=O) groups excluding carboxylic acids is 2. The van der Waals surface area contributed by atoms with Crippen LogP contribution in [0.5, 0.6) is 0 Å². The molecule has 9 nitrogen and oxygen atoms in total. The molecule has 0 unspecified atom stereocenters. The number of pyridine rings is 1. The molecule has 0 spiro atoms. The zero-order valence-corrected chi connectivity index (χ0v) is 15.9. The predicted molar refractivity (Wildman–Crippen MR) is 106 cm³/mol. The molecule has 1 aromatic carbocycles. The molecule has 3 heterocycles. The molecule has 0 radical (unpaired) electrons. The fraction of sp³-hybridized carbons (Fsp3) is 0.250. The van der Waals surface area contributed by atoms with Gasteiger partial charge in [-0.05, 0) is 18.1 Å². The Bertz CT molecular complexity index is 1100. The third kappa shape index (κ3) is 3.79. The monoisotopic (exact) mass is 392 g/mol. The molecule has 1 aliphatic rings. The zero-order chi connectivity index (χ0) is 20.4. The topological polar surface area (TPSA) is 102 Å². The summed E-state index contributed by atoms with van der Waals surface area (Å²) in [5.41, 5.74) is 0.851. The SMILES string of the molecule is CN1C(=O)[C@H](NC(=O)c2ncn(Cc3ccccc3)n2)CCn2c1cccc2=O. The number of amides is 2. The van der Waals surface area contributed by atoms with Gasteiger partial charge < -0.3 is 5.32 Å². The minimum Gasteiger partial charge on any atom is -0.337 e. The molecule has 3 aromatic rings. The number of hydrogen-bond acceptors (Lipinski definition) is 5. The highest BCUT2D eigenvalue weighted by atomic mass is 16.2. The lowest BCUT2D eigenvalue weighted by atomic mass is 10.2. The van der Waals surface area contributed by atoms with Crippen molar-refractivity contribution in [3.8, 4) is 0 Å². The second-order valence-corrected chi connectivity index (χ2v) is 6.84. The zero-order valence-electron chi connectivity index (χ0n) is 15.9. The van der Waals surface area contributed by atoms with Crippen LogP contribution in [-0.4, -0.2) is 44.2 Å². The summed E-state index contributed by atoms with van der Waals surface area (Å²) in [6.07, 6.45) is 1.79. The minimum absolute atomic E-state index is 0.00434. The van der Waals surface area contributed by atoms with Crippen LogP contribution in [0.4, 0.5) is 5.82 Å². The van der Waals surface area contributed by atoms with E-state index in [1.165, 1.54) is 21.9 Å². The highest BCUT2D eigenvalue weighted by Gasteiger charge is 2.30. The van der Waals surface area contributed by atoms with Crippen LogP contribution in [0.15, 0.2) is 59.7 Å². The number of nitrogens with one attached hydrogen (secondary N) is 1. The maximum Gasteiger partial charge on any atom is 0.291 e. The summed E-state index contributed by atoms with van der Waals surface area (Å²) in [6, 6.07) is 13.7. The Balaban J connectivity index is 1.47. The molecule has 1 aliphatic heterocycles. The Morgan fingerprint density at radius 1 is 1.14 bits per heavy atom. The number of fused-ring (bicyclic) bond motifs is 1. The van der Waals surface area contributed by atoms with Gasteiger partial charge in [0.2, 0.25) is 11.7 Å². The Morgan fingerprint density at radius 3 is 2.72 bits per heavy atom. The molecule has 0 aliphatic carbocycles. The molecular formula is C20H20N6O3. The smallest absolute Gasteiger partial charge is 0.291 e. The average Bonchev–Trinajstić information content (AvgIpc) is 3.15. The quantitative estimate of drug-likeness (QED) is 0.703. The molecule has 4 rings (SSSR count). The van der Waals surface area contributed by atoms with Crippen LogP contribution >= 0.6 is 0 Å². The molecule has 0 fully saturated rings. The lowest BCUT2D eigenvalue weighted by molar-refractivity contribution is -0.120. The number of carbonyl (C=O) groups is 2. The predicted octanol–water partition coefficient (Wildman–Crippen LogP) is 0.653. The number of aromatic nitrogens is 4. The van der Waals surface area contributed by atoms with Crippen molar-refractivity contribution >= 4 is 17.6 Å². The van der Waals surface area contributed by atoms with Gasteiger partial charge >= 0.3 is 0 Å². The number of rotatable bonds is 4. The Hall–Kier alpha value is -3.75. The van der Waals surface area contributed by atoms with Crippen molar-refractivity contribution in [2.75, 3.05) is 11.9 Å². The van der Waals surface area contributed by atoms with Crippen molar-refractivity contribution in [1.29, 1.82) is 0 Å². The molecule has 0 bridgehead atoms. The summed E-state index contributed by atoms with van der Waals surface area (Å²) in [6.45, 7) is 0.816. The van der Waals surface area contributed by atoms with Gasteiger partial charge in [-0.3, -0.25) is 23.9 Å². The highest BCUT2D eigenvalue weighted by molar-refractivity contribution is 6.00. The van der Waals surface area contributed by atoms with Gasteiger partial charge in [0.15, 0.2) is 0 Å². The molecule has 0 saturated carbocycles. The maximum atomic E-state index is 12.8. The Kier molecular flexibility index (Phi) is 4.94. The normalized spacial score (nSPS) is 16.2. The molecule has 148 valence electrons. The number of likely N-dealkylation sites (N-methyl/N-ethyl adjacent to an activating group) is 1. The minimum atomic E-state index is -0.770. The van der Waals surface area contributed by atoms with Gasteiger partial charge in [-0.1, -0.05) is 36.4 Å². The van der Waals surface area contributed by atoms with E-state index in [0.29, 0.717) is 25.3 Å².